The molecule has 1 unspecified atom stereocenters. The molecule has 0 spiro atoms. The van der Waals surface area contributed by atoms with Crippen molar-refractivity contribution >= 4 is 50.7 Å². The summed E-state index contributed by atoms with van der Waals surface area (Å²) in [5.41, 5.74) is 1.21. The predicted octanol–water partition coefficient (Wildman–Crippen LogP) is 5.13. The number of benzene rings is 2. The van der Waals surface area contributed by atoms with Gasteiger partial charge in [0.25, 0.3) is 0 Å². The summed E-state index contributed by atoms with van der Waals surface area (Å²) in [7, 11) is -2.05. The average Bonchev–Trinajstić information content (AvgIpc) is 2.86. The lowest BCUT2D eigenvalue weighted by Crippen LogP contribution is -2.49. The second-order valence-electron chi connectivity index (χ2n) is 9.47. The molecule has 0 bridgehead atoms. The van der Waals surface area contributed by atoms with Gasteiger partial charge in [-0.3, -0.25) is 13.9 Å². The zero-order valence-electron chi connectivity index (χ0n) is 22.5. The van der Waals surface area contributed by atoms with Gasteiger partial charge in [-0.05, 0) is 60.7 Å². The average molecular weight is 587 g/mol. The van der Waals surface area contributed by atoms with Gasteiger partial charge in [-0.25, -0.2) is 8.42 Å². The lowest BCUT2D eigenvalue weighted by Gasteiger charge is -2.31. The highest BCUT2D eigenvalue weighted by Crippen LogP contribution is 2.25. The van der Waals surface area contributed by atoms with Crippen LogP contribution in [0.4, 0.5) is 5.69 Å². The Morgan fingerprint density at radius 3 is 2.24 bits per heavy atom. The quantitative estimate of drug-likeness (QED) is 0.331. The molecule has 0 heterocycles. The lowest BCUT2D eigenvalue weighted by molar-refractivity contribution is -0.141. The van der Waals surface area contributed by atoms with E-state index < -0.39 is 16.1 Å². The number of rotatable bonds is 14. The van der Waals surface area contributed by atoms with Gasteiger partial charge in [-0.2, -0.15) is 0 Å². The van der Waals surface area contributed by atoms with Crippen molar-refractivity contribution in [2.45, 2.75) is 52.6 Å². The van der Waals surface area contributed by atoms with Crippen LogP contribution in [-0.2, 0) is 26.2 Å². The number of hydrogen-bond donors (Lipinski definition) is 1. The number of nitrogens with one attached hydrogen (secondary N) is 1. The summed E-state index contributed by atoms with van der Waals surface area (Å²) in [6.45, 7) is 6.61. The van der Waals surface area contributed by atoms with Crippen LogP contribution in [-0.4, -0.2) is 57.6 Å². The van der Waals surface area contributed by atoms with Gasteiger partial charge < -0.3 is 15.0 Å². The van der Waals surface area contributed by atoms with Crippen LogP contribution in [0.5, 0.6) is 5.75 Å². The molecule has 2 aromatic rings. The monoisotopic (exact) mass is 585 g/mol. The van der Waals surface area contributed by atoms with Crippen LogP contribution in [0.15, 0.2) is 42.5 Å². The number of ether oxygens (including phenoxy) is 1. The van der Waals surface area contributed by atoms with E-state index in [9.17, 15) is 18.0 Å². The predicted molar refractivity (Wildman–Crippen MR) is 153 cm³/mol. The summed E-state index contributed by atoms with van der Waals surface area (Å²) in [4.78, 5) is 28.1. The molecule has 11 heteroatoms. The molecule has 2 amide bonds. The Labute approximate surface area is 236 Å². The smallest absolute Gasteiger partial charge is 0.242 e. The first-order valence-electron chi connectivity index (χ1n) is 12.5. The Morgan fingerprint density at radius 2 is 1.71 bits per heavy atom. The zero-order chi connectivity index (χ0) is 28.5. The van der Waals surface area contributed by atoms with Gasteiger partial charge in [0.05, 0.1) is 29.1 Å². The summed E-state index contributed by atoms with van der Waals surface area (Å²) < 4.78 is 31.4. The molecule has 8 nitrogen and oxygen atoms in total. The van der Waals surface area contributed by atoms with Crippen molar-refractivity contribution in [3.05, 3.63) is 58.1 Å². The van der Waals surface area contributed by atoms with Crippen LogP contribution < -0.4 is 14.4 Å². The van der Waals surface area contributed by atoms with Crippen molar-refractivity contribution in [2.75, 3.05) is 30.8 Å². The summed E-state index contributed by atoms with van der Waals surface area (Å²) in [6, 6.07) is 11.1. The van der Waals surface area contributed by atoms with Gasteiger partial charge in [-0.15, -0.1) is 0 Å². The van der Waals surface area contributed by atoms with Gasteiger partial charge in [0.15, 0.2) is 0 Å². The molecule has 2 aromatic carbocycles. The third-order valence-electron chi connectivity index (χ3n) is 5.92. The van der Waals surface area contributed by atoms with Gasteiger partial charge in [-0.1, -0.05) is 50.0 Å². The van der Waals surface area contributed by atoms with E-state index in [-0.39, 0.29) is 43.7 Å². The minimum Gasteiger partial charge on any atom is -0.497 e. The number of sulfonamides is 1. The lowest BCUT2D eigenvalue weighted by atomic mass is 10.1. The summed E-state index contributed by atoms with van der Waals surface area (Å²) in [5.74, 6) is 0.378. The maximum Gasteiger partial charge on any atom is 0.242 e. The van der Waals surface area contributed by atoms with Crippen molar-refractivity contribution in [2.24, 2.45) is 5.92 Å². The minimum absolute atomic E-state index is 0.0530. The fourth-order valence-electron chi connectivity index (χ4n) is 3.93. The standard InChI is InChI=1S/C27H37Cl2N3O5S/c1-6-25(27(34)30-17-19(2)3)31(18-20-9-14-23(28)24(29)16-20)26(33)8-7-15-32(38(5,35)36)21-10-12-22(37-4)13-11-21/h9-14,16,19,25H,6-8,15,17-18H2,1-5H3,(H,30,34). The van der Waals surface area contributed by atoms with Crippen molar-refractivity contribution in [1.82, 2.24) is 10.2 Å². The second-order valence-corrected chi connectivity index (χ2v) is 12.2. The molecule has 0 radical (unpaired) electrons. The van der Waals surface area contributed by atoms with E-state index in [4.69, 9.17) is 27.9 Å². The van der Waals surface area contributed by atoms with Crippen LogP contribution >= 0.6 is 23.2 Å². The van der Waals surface area contributed by atoms with E-state index in [1.54, 1.807) is 42.5 Å². The van der Waals surface area contributed by atoms with Crippen molar-refractivity contribution in [1.29, 1.82) is 0 Å². The Bertz CT molecular complexity index is 1190. The van der Waals surface area contributed by atoms with Crippen molar-refractivity contribution < 1.29 is 22.7 Å². The molecule has 210 valence electrons. The van der Waals surface area contributed by atoms with E-state index in [2.05, 4.69) is 5.32 Å². The summed E-state index contributed by atoms with van der Waals surface area (Å²) in [5, 5.41) is 3.68. The maximum absolute atomic E-state index is 13.5. The molecule has 38 heavy (non-hydrogen) atoms. The normalized spacial score (nSPS) is 12.2. The number of carbonyl (C=O) groups is 2. The molecule has 0 aliphatic rings. The SMILES string of the molecule is CCC(C(=O)NCC(C)C)N(Cc1ccc(Cl)c(Cl)c1)C(=O)CCCN(c1ccc(OC)cc1)S(C)(=O)=O. The van der Waals surface area contributed by atoms with Gasteiger partial charge in [0.1, 0.15) is 11.8 Å². The van der Waals surface area contributed by atoms with E-state index in [1.165, 1.54) is 16.3 Å². The Morgan fingerprint density at radius 1 is 1.05 bits per heavy atom. The molecule has 1 N–H and O–H groups in total. The van der Waals surface area contributed by atoms with Crippen LogP contribution in [0.25, 0.3) is 0 Å². The molecule has 0 aliphatic heterocycles. The largest absolute Gasteiger partial charge is 0.497 e. The highest BCUT2D eigenvalue weighted by Gasteiger charge is 2.29. The van der Waals surface area contributed by atoms with Crippen molar-refractivity contribution in [3.8, 4) is 5.75 Å². The third kappa shape index (κ3) is 9.36. The number of methoxy groups -OCH3 is 1. The zero-order valence-corrected chi connectivity index (χ0v) is 24.9. The van der Waals surface area contributed by atoms with Crippen LogP contribution in [0.1, 0.15) is 45.6 Å². The number of amides is 2. The van der Waals surface area contributed by atoms with Gasteiger partial charge in [0.2, 0.25) is 21.8 Å². The molecule has 0 saturated carbocycles. The first-order chi connectivity index (χ1) is 17.9. The molecular formula is C27H37Cl2N3O5S. The summed E-state index contributed by atoms with van der Waals surface area (Å²) in [6.07, 6.45) is 1.86. The highest BCUT2D eigenvalue weighted by molar-refractivity contribution is 7.92. The number of halogens is 2. The molecule has 0 fully saturated rings. The third-order valence-corrected chi connectivity index (χ3v) is 7.85. The number of carbonyl (C=O) groups excluding carboxylic acids is 2. The first kappa shape index (κ1) is 31.7. The Kier molecular flexibility index (Phi) is 12.2. The van der Waals surface area contributed by atoms with E-state index in [1.807, 2.05) is 20.8 Å². The number of anilines is 1. The van der Waals surface area contributed by atoms with E-state index in [0.29, 0.717) is 34.4 Å². The molecule has 0 aliphatic carbocycles. The highest BCUT2D eigenvalue weighted by atomic mass is 35.5. The van der Waals surface area contributed by atoms with E-state index >= 15 is 0 Å². The fraction of sp³-hybridized carbons (Fsp3) is 0.481. The van der Waals surface area contributed by atoms with Crippen LogP contribution in [0.3, 0.4) is 0 Å². The molecule has 0 aromatic heterocycles. The molecule has 1 atom stereocenters. The van der Waals surface area contributed by atoms with Crippen LogP contribution in [0, 0.1) is 5.92 Å². The van der Waals surface area contributed by atoms with E-state index in [0.717, 1.165) is 11.8 Å². The van der Waals surface area contributed by atoms with Crippen molar-refractivity contribution in [3.63, 3.8) is 0 Å². The van der Waals surface area contributed by atoms with Gasteiger partial charge >= 0.3 is 0 Å². The molecular weight excluding hydrogens is 549 g/mol. The number of nitrogens with zero attached hydrogens (tertiary/aromatic N) is 2. The molecule has 2 rings (SSSR count). The Hall–Kier alpha value is -2.49. The Balaban J connectivity index is 2.23. The first-order valence-corrected chi connectivity index (χ1v) is 15.1. The minimum atomic E-state index is -3.59. The maximum atomic E-state index is 13.5. The topological polar surface area (TPSA) is 96.0 Å². The fourth-order valence-corrected chi connectivity index (χ4v) is 5.22. The van der Waals surface area contributed by atoms with Crippen LogP contribution in [0.2, 0.25) is 10.0 Å². The van der Waals surface area contributed by atoms with Gasteiger partial charge in [0, 0.05) is 26.1 Å². The molecule has 0 saturated heterocycles. The summed E-state index contributed by atoms with van der Waals surface area (Å²) >= 11 is 12.2. The number of hydrogen-bond acceptors (Lipinski definition) is 5. The second kappa shape index (κ2) is 14.6.